The normalized spacial score (nSPS) is 19.2. The molecule has 0 atom stereocenters. The minimum Gasteiger partial charge on any atom is -0.386 e. The van der Waals surface area contributed by atoms with Crippen LogP contribution in [0.15, 0.2) is 12.3 Å². The van der Waals surface area contributed by atoms with E-state index in [0.717, 1.165) is 6.04 Å². The number of hydrogen-bond acceptors (Lipinski definition) is 1. The third kappa shape index (κ3) is 2.57. The molecule has 0 unspecified atom stereocenters. The molecule has 1 N–H and O–H groups in total. The van der Waals surface area contributed by atoms with Gasteiger partial charge in [0.25, 0.3) is 0 Å². The van der Waals surface area contributed by atoms with Crippen molar-refractivity contribution in [2.45, 2.75) is 45.6 Å². The van der Waals surface area contributed by atoms with E-state index in [-0.39, 0.29) is 0 Å². The Balaban J connectivity index is 2.24. The molecule has 0 amide bonds. The molecule has 1 aliphatic rings. The molecule has 1 aliphatic carbocycles. The summed E-state index contributed by atoms with van der Waals surface area (Å²) in [6.07, 6.45) is 5.46. The highest BCUT2D eigenvalue weighted by atomic mass is 14.9. The minimum absolute atomic E-state index is 0.579. The Labute approximate surface area is 69.9 Å². The second kappa shape index (κ2) is 3.80. The predicted molar refractivity (Wildman–Crippen MR) is 49.4 cm³/mol. The molecular formula is C10H19N. The van der Waals surface area contributed by atoms with Crippen molar-refractivity contribution in [3.8, 4) is 0 Å². The van der Waals surface area contributed by atoms with Gasteiger partial charge in [0, 0.05) is 11.7 Å². The summed E-state index contributed by atoms with van der Waals surface area (Å²) in [6, 6.07) is 0.727. The van der Waals surface area contributed by atoms with E-state index < -0.39 is 0 Å². The van der Waals surface area contributed by atoms with E-state index in [0.29, 0.717) is 5.92 Å². The van der Waals surface area contributed by atoms with E-state index in [1.807, 2.05) is 0 Å². The van der Waals surface area contributed by atoms with Crippen molar-refractivity contribution in [2.24, 2.45) is 5.92 Å². The Morgan fingerprint density at radius 2 is 1.91 bits per heavy atom. The number of hydrogen-bond donors (Lipinski definition) is 1. The van der Waals surface area contributed by atoms with Crippen molar-refractivity contribution in [2.75, 3.05) is 0 Å². The summed E-state index contributed by atoms with van der Waals surface area (Å²) in [7, 11) is 0. The lowest BCUT2D eigenvalue weighted by molar-refractivity contribution is 0.539. The largest absolute Gasteiger partial charge is 0.386 e. The van der Waals surface area contributed by atoms with Crippen LogP contribution in [0.25, 0.3) is 0 Å². The van der Waals surface area contributed by atoms with Crippen LogP contribution in [0.4, 0.5) is 0 Å². The molecule has 0 heterocycles. The summed E-state index contributed by atoms with van der Waals surface area (Å²) in [5, 5.41) is 3.48. The molecule has 64 valence electrons. The van der Waals surface area contributed by atoms with Gasteiger partial charge in [-0.05, 0) is 18.8 Å². The van der Waals surface area contributed by atoms with Crippen molar-refractivity contribution < 1.29 is 0 Å². The van der Waals surface area contributed by atoms with Crippen LogP contribution < -0.4 is 5.32 Å². The lowest BCUT2D eigenvalue weighted by Crippen LogP contribution is -2.26. The van der Waals surface area contributed by atoms with Gasteiger partial charge >= 0.3 is 0 Å². The number of nitrogens with one attached hydrogen (secondary N) is 1. The third-order valence-electron chi connectivity index (χ3n) is 2.44. The minimum atomic E-state index is 0.579. The molecule has 0 saturated heterocycles. The SMILES string of the molecule is C=C(NC1CCCC1)C(C)C. The Kier molecular flexibility index (Phi) is 2.98. The quantitative estimate of drug-likeness (QED) is 0.657. The molecular weight excluding hydrogens is 134 g/mol. The van der Waals surface area contributed by atoms with Crippen LogP contribution in [-0.4, -0.2) is 6.04 Å². The van der Waals surface area contributed by atoms with Gasteiger partial charge in [-0.15, -0.1) is 0 Å². The maximum absolute atomic E-state index is 4.01. The van der Waals surface area contributed by atoms with Crippen molar-refractivity contribution in [3.05, 3.63) is 12.3 Å². The maximum atomic E-state index is 4.01. The van der Waals surface area contributed by atoms with Crippen LogP contribution in [-0.2, 0) is 0 Å². The topological polar surface area (TPSA) is 12.0 Å². The summed E-state index contributed by atoms with van der Waals surface area (Å²) in [5.41, 5.74) is 1.21. The zero-order chi connectivity index (χ0) is 8.27. The fourth-order valence-electron chi connectivity index (χ4n) is 1.50. The van der Waals surface area contributed by atoms with Crippen LogP contribution in [0.2, 0.25) is 0 Å². The van der Waals surface area contributed by atoms with Gasteiger partial charge in [-0.2, -0.15) is 0 Å². The fraction of sp³-hybridized carbons (Fsp3) is 0.800. The Morgan fingerprint density at radius 1 is 1.36 bits per heavy atom. The van der Waals surface area contributed by atoms with Gasteiger partial charge < -0.3 is 5.32 Å². The molecule has 1 saturated carbocycles. The second-order valence-electron chi connectivity index (χ2n) is 3.81. The summed E-state index contributed by atoms with van der Waals surface area (Å²) >= 11 is 0. The monoisotopic (exact) mass is 153 g/mol. The molecule has 0 aromatic heterocycles. The maximum Gasteiger partial charge on any atom is 0.0258 e. The van der Waals surface area contributed by atoms with Crippen LogP contribution in [0.5, 0.6) is 0 Å². The molecule has 0 spiro atoms. The van der Waals surface area contributed by atoms with Crippen molar-refractivity contribution in [1.29, 1.82) is 0 Å². The zero-order valence-corrected chi connectivity index (χ0v) is 7.69. The van der Waals surface area contributed by atoms with E-state index >= 15 is 0 Å². The van der Waals surface area contributed by atoms with Gasteiger partial charge in [0.05, 0.1) is 0 Å². The first-order valence-electron chi connectivity index (χ1n) is 4.65. The Bertz CT molecular complexity index is 132. The first kappa shape index (κ1) is 8.63. The van der Waals surface area contributed by atoms with Crippen LogP contribution >= 0.6 is 0 Å². The highest BCUT2D eigenvalue weighted by Crippen LogP contribution is 2.19. The average molecular weight is 153 g/mol. The van der Waals surface area contributed by atoms with E-state index in [1.54, 1.807) is 0 Å². The zero-order valence-electron chi connectivity index (χ0n) is 7.69. The fourth-order valence-corrected chi connectivity index (χ4v) is 1.50. The lowest BCUT2D eigenvalue weighted by Gasteiger charge is -2.18. The highest BCUT2D eigenvalue weighted by Gasteiger charge is 2.15. The van der Waals surface area contributed by atoms with Crippen LogP contribution in [0.1, 0.15) is 39.5 Å². The molecule has 0 bridgehead atoms. The standard InChI is InChI=1S/C10H19N/c1-8(2)9(3)11-10-6-4-5-7-10/h8,10-11H,3-7H2,1-2H3. The van der Waals surface area contributed by atoms with Gasteiger partial charge in [0.2, 0.25) is 0 Å². The Hall–Kier alpha value is -0.460. The molecule has 0 radical (unpaired) electrons. The number of allylic oxidation sites excluding steroid dienone is 1. The summed E-state index contributed by atoms with van der Waals surface area (Å²) in [6.45, 7) is 8.38. The van der Waals surface area contributed by atoms with Crippen LogP contribution in [0, 0.1) is 5.92 Å². The van der Waals surface area contributed by atoms with E-state index in [2.05, 4.69) is 25.7 Å². The second-order valence-corrected chi connectivity index (χ2v) is 3.81. The van der Waals surface area contributed by atoms with Crippen LogP contribution in [0.3, 0.4) is 0 Å². The highest BCUT2D eigenvalue weighted by molar-refractivity contribution is 4.97. The smallest absolute Gasteiger partial charge is 0.0258 e. The third-order valence-corrected chi connectivity index (χ3v) is 2.44. The molecule has 1 nitrogen and oxygen atoms in total. The molecule has 1 fully saturated rings. The van der Waals surface area contributed by atoms with Crippen molar-refractivity contribution >= 4 is 0 Å². The van der Waals surface area contributed by atoms with Gasteiger partial charge in [-0.3, -0.25) is 0 Å². The van der Waals surface area contributed by atoms with Gasteiger partial charge in [-0.25, -0.2) is 0 Å². The number of rotatable bonds is 3. The first-order valence-corrected chi connectivity index (χ1v) is 4.65. The molecule has 1 rings (SSSR count). The summed E-state index contributed by atoms with van der Waals surface area (Å²) in [4.78, 5) is 0. The van der Waals surface area contributed by atoms with Gasteiger partial charge in [0.15, 0.2) is 0 Å². The summed E-state index contributed by atoms with van der Waals surface area (Å²) < 4.78 is 0. The molecule has 0 aromatic rings. The van der Waals surface area contributed by atoms with E-state index in [9.17, 15) is 0 Å². The molecule has 11 heavy (non-hydrogen) atoms. The first-order chi connectivity index (χ1) is 5.20. The van der Waals surface area contributed by atoms with Crippen molar-refractivity contribution in [1.82, 2.24) is 5.32 Å². The molecule has 1 heteroatoms. The van der Waals surface area contributed by atoms with E-state index in [4.69, 9.17) is 0 Å². The molecule has 0 aromatic carbocycles. The summed E-state index contributed by atoms with van der Waals surface area (Å²) in [5.74, 6) is 0.579. The average Bonchev–Trinajstić information content (AvgIpc) is 2.39. The van der Waals surface area contributed by atoms with Crippen molar-refractivity contribution in [3.63, 3.8) is 0 Å². The van der Waals surface area contributed by atoms with E-state index in [1.165, 1.54) is 31.4 Å². The van der Waals surface area contributed by atoms with Gasteiger partial charge in [0.1, 0.15) is 0 Å². The molecule has 0 aliphatic heterocycles. The van der Waals surface area contributed by atoms with Gasteiger partial charge in [-0.1, -0.05) is 33.3 Å². The lowest BCUT2D eigenvalue weighted by atomic mass is 10.1. The predicted octanol–water partition coefficient (Wildman–Crippen LogP) is 2.69. The Morgan fingerprint density at radius 3 is 2.36 bits per heavy atom.